The molecule has 3 N–H and O–H groups in total. The highest BCUT2D eigenvalue weighted by Gasteiger charge is 2.17. The number of nitrogens with two attached hydrogens (primary N) is 1. The molecule has 0 saturated carbocycles. The zero-order valence-corrected chi connectivity index (χ0v) is 11.6. The van der Waals surface area contributed by atoms with Crippen LogP contribution < -0.4 is 10.5 Å². The highest BCUT2D eigenvalue weighted by Crippen LogP contribution is 2.19. The van der Waals surface area contributed by atoms with Crippen molar-refractivity contribution >= 4 is 15.8 Å². The largest absolute Gasteiger partial charge is 0.326 e. The lowest BCUT2D eigenvalue weighted by Gasteiger charge is -2.09. The van der Waals surface area contributed by atoms with E-state index in [2.05, 4.69) is 9.82 Å². The van der Waals surface area contributed by atoms with Crippen LogP contribution in [0.25, 0.3) is 0 Å². The molecule has 1 aromatic carbocycles. The van der Waals surface area contributed by atoms with Crippen molar-refractivity contribution in [2.24, 2.45) is 12.8 Å². The van der Waals surface area contributed by atoms with Gasteiger partial charge in [0.25, 0.3) is 10.0 Å². The van der Waals surface area contributed by atoms with Crippen molar-refractivity contribution in [3.05, 3.63) is 41.6 Å². The third-order valence-electron chi connectivity index (χ3n) is 2.72. The lowest BCUT2D eigenvalue weighted by Crippen LogP contribution is -2.15. The second-order valence-electron chi connectivity index (χ2n) is 4.28. The lowest BCUT2D eigenvalue weighted by molar-refractivity contribution is 0.600. The molecule has 0 fully saturated rings. The molecular weight excluding hydrogens is 264 g/mol. The van der Waals surface area contributed by atoms with Crippen molar-refractivity contribution in [3.63, 3.8) is 0 Å². The molecule has 0 atom stereocenters. The molecular formula is C12H16N4O2S. The minimum Gasteiger partial charge on any atom is -0.326 e. The summed E-state index contributed by atoms with van der Waals surface area (Å²) in [5.74, 6) is 0.296. The summed E-state index contributed by atoms with van der Waals surface area (Å²) in [5.41, 5.74) is 7.08. The van der Waals surface area contributed by atoms with E-state index in [0.29, 0.717) is 17.9 Å². The van der Waals surface area contributed by atoms with Crippen LogP contribution in [0.1, 0.15) is 11.1 Å². The molecule has 2 aromatic rings. The molecule has 0 aliphatic rings. The summed E-state index contributed by atoms with van der Waals surface area (Å²) in [6.07, 6.45) is 1.67. The highest BCUT2D eigenvalue weighted by atomic mass is 32.2. The number of hydrogen-bond donors (Lipinski definition) is 2. The van der Waals surface area contributed by atoms with Crippen molar-refractivity contribution < 1.29 is 8.42 Å². The second-order valence-corrected chi connectivity index (χ2v) is 5.93. The van der Waals surface area contributed by atoms with Gasteiger partial charge in [-0.1, -0.05) is 12.1 Å². The van der Waals surface area contributed by atoms with Crippen LogP contribution in [0.3, 0.4) is 0 Å². The molecule has 1 aromatic heterocycles. The summed E-state index contributed by atoms with van der Waals surface area (Å²) in [6.45, 7) is 2.13. The minimum atomic E-state index is -3.62. The molecule has 0 aliphatic heterocycles. The highest BCUT2D eigenvalue weighted by molar-refractivity contribution is 7.92. The summed E-state index contributed by atoms with van der Waals surface area (Å²) in [4.78, 5) is 0.232. The number of nitrogens with one attached hydrogen (secondary N) is 1. The van der Waals surface area contributed by atoms with Crippen molar-refractivity contribution in [1.82, 2.24) is 9.78 Å². The molecule has 2 rings (SSSR count). The average molecular weight is 280 g/mol. The third kappa shape index (κ3) is 2.94. The van der Waals surface area contributed by atoms with Gasteiger partial charge in [-0.2, -0.15) is 5.10 Å². The van der Waals surface area contributed by atoms with Crippen LogP contribution in [-0.4, -0.2) is 18.2 Å². The Morgan fingerprint density at radius 1 is 1.37 bits per heavy atom. The topological polar surface area (TPSA) is 90.0 Å². The monoisotopic (exact) mass is 280 g/mol. The van der Waals surface area contributed by atoms with Gasteiger partial charge in [0.1, 0.15) is 0 Å². The predicted molar refractivity (Wildman–Crippen MR) is 73.1 cm³/mol. The van der Waals surface area contributed by atoms with Gasteiger partial charge in [-0.25, -0.2) is 8.42 Å². The molecule has 0 amide bonds. The number of sulfonamides is 1. The molecule has 0 aliphatic carbocycles. The molecule has 102 valence electrons. The van der Waals surface area contributed by atoms with Gasteiger partial charge in [0.15, 0.2) is 5.82 Å². The van der Waals surface area contributed by atoms with Gasteiger partial charge in [0.05, 0.1) is 4.90 Å². The molecule has 0 radical (unpaired) electrons. The predicted octanol–water partition coefficient (Wildman–Crippen LogP) is 0.988. The molecule has 19 heavy (non-hydrogen) atoms. The van der Waals surface area contributed by atoms with Crippen LogP contribution in [-0.2, 0) is 23.6 Å². The second kappa shape index (κ2) is 5.02. The van der Waals surface area contributed by atoms with Gasteiger partial charge < -0.3 is 5.73 Å². The molecule has 7 heteroatoms. The SMILES string of the molecule is Cc1cc(CN)ccc1S(=O)(=O)Nc1ccn(C)n1. The van der Waals surface area contributed by atoms with E-state index in [1.165, 1.54) is 4.68 Å². The Morgan fingerprint density at radius 2 is 2.11 bits per heavy atom. The van der Waals surface area contributed by atoms with Crippen molar-refractivity contribution in [1.29, 1.82) is 0 Å². The van der Waals surface area contributed by atoms with E-state index in [1.807, 2.05) is 0 Å². The van der Waals surface area contributed by atoms with Crippen molar-refractivity contribution in [2.75, 3.05) is 4.72 Å². The summed E-state index contributed by atoms with van der Waals surface area (Å²) in [7, 11) is -1.90. The molecule has 6 nitrogen and oxygen atoms in total. The Bertz CT molecular complexity index is 692. The number of aromatic nitrogens is 2. The number of nitrogens with zero attached hydrogens (tertiary/aromatic N) is 2. The molecule has 0 spiro atoms. The Balaban J connectivity index is 2.34. The van der Waals surface area contributed by atoms with Crippen LogP contribution in [0, 0.1) is 6.92 Å². The summed E-state index contributed by atoms with van der Waals surface area (Å²) in [6, 6.07) is 6.64. The maximum Gasteiger partial charge on any atom is 0.263 e. The fourth-order valence-corrected chi connectivity index (χ4v) is 3.03. The first kappa shape index (κ1) is 13.6. The van der Waals surface area contributed by atoms with Gasteiger partial charge in [0, 0.05) is 25.9 Å². The third-order valence-corrected chi connectivity index (χ3v) is 4.23. The number of benzene rings is 1. The van der Waals surface area contributed by atoms with Crippen molar-refractivity contribution in [2.45, 2.75) is 18.4 Å². The van der Waals surface area contributed by atoms with Gasteiger partial charge in [-0.15, -0.1) is 0 Å². The summed E-state index contributed by atoms with van der Waals surface area (Å²) < 4.78 is 28.5. The quantitative estimate of drug-likeness (QED) is 0.873. The van der Waals surface area contributed by atoms with E-state index in [4.69, 9.17) is 5.73 Å². The molecule has 0 bridgehead atoms. The summed E-state index contributed by atoms with van der Waals surface area (Å²) >= 11 is 0. The van der Waals surface area contributed by atoms with Gasteiger partial charge >= 0.3 is 0 Å². The van der Waals surface area contributed by atoms with Crippen molar-refractivity contribution in [3.8, 4) is 0 Å². The fourth-order valence-electron chi connectivity index (χ4n) is 1.80. The first-order valence-electron chi connectivity index (χ1n) is 5.74. The zero-order valence-electron chi connectivity index (χ0n) is 10.8. The number of hydrogen-bond acceptors (Lipinski definition) is 4. The van der Waals surface area contributed by atoms with E-state index in [9.17, 15) is 8.42 Å². The Kier molecular flexibility index (Phi) is 3.59. The van der Waals surface area contributed by atoms with E-state index >= 15 is 0 Å². The number of rotatable bonds is 4. The summed E-state index contributed by atoms with van der Waals surface area (Å²) in [5, 5.41) is 3.99. The van der Waals surface area contributed by atoms with Crippen LogP contribution in [0.15, 0.2) is 35.4 Å². The zero-order chi connectivity index (χ0) is 14.0. The van der Waals surface area contributed by atoms with Crippen LogP contribution >= 0.6 is 0 Å². The fraction of sp³-hybridized carbons (Fsp3) is 0.250. The van der Waals surface area contributed by atoms with E-state index in [0.717, 1.165) is 5.56 Å². The standard InChI is InChI=1S/C12H16N4O2S/c1-9-7-10(8-13)3-4-11(9)19(17,18)15-12-5-6-16(2)14-12/h3-7H,8,13H2,1-2H3,(H,14,15). The van der Waals surface area contributed by atoms with Gasteiger partial charge in [0.2, 0.25) is 0 Å². The number of anilines is 1. The lowest BCUT2D eigenvalue weighted by atomic mass is 10.1. The maximum absolute atomic E-state index is 12.2. The first-order valence-corrected chi connectivity index (χ1v) is 7.23. The number of aryl methyl sites for hydroxylation is 2. The first-order chi connectivity index (χ1) is 8.92. The van der Waals surface area contributed by atoms with Crippen LogP contribution in [0.2, 0.25) is 0 Å². The Labute approximate surface area is 112 Å². The van der Waals surface area contributed by atoms with Gasteiger partial charge in [-0.3, -0.25) is 9.40 Å². The van der Waals surface area contributed by atoms with E-state index < -0.39 is 10.0 Å². The molecule has 1 heterocycles. The molecule has 0 unspecified atom stereocenters. The minimum absolute atomic E-state index is 0.232. The smallest absolute Gasteiger partial charge is 0.263 e. The maximum atomic E-state index is 12.2. The van der Waals surface area contributed by atoms with Crippen LogP contribution in [0.5, 0.6) is 0 Å². The normalized spacial score (nSPS) is 11.5. The Hall–Kier alpha value is -1.86. The van der Waals surface area contributed by atoms with E-state index in [1.54, 1.807) is 44.4 Å². The van der Waals surface area contributed by atoms with E-state index in [-0.39, 0.29) is 4.90 Å². The molecule has 0 saturated heterocycles. The Morgan fingerprint density at radius 3 is 2.63 bits per heavy atom. The van der Waals surface area contributed by atoms with Crippen LogP contribution in [0.4, 0.5) is 5.82 Å². The van der Waals surface area contributed by atoms with Gasteiger partial charge in [-0.05, 0) is 24.1 Å². The average Bonchev–Trinajstić information content (AvgIpc) is 2.73.